The number of carbonyl (C=O) groups is 1. The standard InChI is InChI=1S/C22H17BrCl2FNO4/c1-30-20-8-12(10-27-13-5-6-14(22(28)29)18(25)9-13)7-16(23)21(20)31-11-15-17(24)3-2-4-19(15)26/h2-9,27H,10-11H2,1H3,(H,28,29). The molecule has 0 aliphatic carbocycles. The Morgan fingerprint density at radius 2 is 1.94 bits per heavy atom. The van der Waals surface area contributed by atoms with Gasteiger partial charge in [-0.15, -0.1) is 0 Å². The van der Waals surface area contributed by atoms with Gasteiger partial charge in [0.15, 0.2) is 11.5 Å². The molecule has 0 saturated carbocycles. The molecule has 31 heavy (non-hydrogen) atoms. The summed E-state index contributed by atoms with van der Waals surface area (Å²) in [4.78, 5) is 11.1. The molecule has 3 aromatic rings. The summed E-state index contributed by atoms with van der Waals surface area (Å²) in [6.07, 6.45) is 0. The number of methoxy groups -OCH3 is 1. The van der Waals surface area contributed by atoms with Crippen LogP contribution in [0.15, 0.2) is 53.0 Å². The van der Waals surface area contributed by atoms with Crippen LogP contribution in [0.2, 0.25) is 10.0 Å². The van der Waals surface area contributed by atoms with E-state index in [9.17, 15) is 9.18 Å². The number of halogens is 4. The number of carboxylic acid groups (broad SMARTS) is 1. The largest absolute Gasteiger partial charge is 0.493 e. The van der Waals surface area contributed by atoms with Crippen LogP contribution in [-0.4, -0.2) is 18.2 Å². The predicted octanol–water partition coefficient (Wildman–Crippen LogP) is 6.79. The number of hydrogen-bond donors (Lipinski definition) is 2. The van der Waals surface area contributed by atoms with Gasteiger partial charge in [-0.05, 0) is 64.0 Å². The highest BCUT2D eigenvalue weighted by Crippen LogP contribution is 2.38. The maximum atomic E-state index is 14.0. The van der Waals surface area contributed by atoms with Gasteiger partial charge in [-0.2, -0.15) is 0 Å². The predicted molar refractivity (Wildman–Crippen MR) is 122 cm³/mol. The summed E-state index contributed by atoms with van der Waals surface area (Å²) >= 11 is 15.5. The van der Waals surface area contributed by atoms with E-state index in [4.69, 9.17) is 37.8 Å². The first kappa shape index (κ1) is 23.2. The zero-order chi connectivity index (χ0) is 22.5. The molecule has 162 valence electrons. The first-order valence-electron chi connectivity index (χ1n) is 8.99. The first-order valence-corrected chi connectivity index (χ1v) is 10.5. The molecule has 5 nitrogen and oxygen atoms in total. The molecule has 0 amide bonds. The molecule has 2 N–H and O–H groups in total. The van der Waals surface area contributed by atoms with E-state index < -0.39 is 11.8 Å². The summed E-state index contributed by atoms with van der Waals surface area (Å²) < 4.78 is 25.8. The summed E-state index contributed by atoms with van der Waals surface area (Å²) in [5.74, 6) is -0.661. The normalized spacial score (nSPS) is 10.6. The Labute approximate surface area is 196 Å². The minimum atomic E-state index is -1.09. The number of benzene rings is 3. The maximum Gasteiger partial charge on any atom is 0.337 e. The number of anilines is 1. The molecule has 0 aliphatic heterocycles. The molecule has 0 radical (unpaired) electrons. The highest BCUT2D eigenvalue weighted by molar-refractivity contribution is 9.10. The zero-order valence-electron chi connectivity index (χ0n) is 16.2. The molecule has 9 heteroatoms. The molecule has 0 bridgehead atoms. The second-order valence-corrected chi connectivity index (χ2v) is 8.12. The fraction of sp³-hybridized carbons (Fsp3) is 0.136. The molecular weight excluding hydrogens is 512 g/mol. The number of rotatable bonds is 8. The van der Waals surface area contributed by atoms with E-state index in [-0.39, 0.29) is 27.8 Å². The van der Waals surface area contributed by atoms with Gasteiger partial charge in [0.05, 0.1) is 27.2 Å². The Balaban J connectivity index is 1.75. The van der Waals surface area contributed by atoms with Gasteiger partial charge in [0.2, 0.25) is 0 Å². The topological polar surface area (TPSA) is 67.8 Å². The third kappa shape index (κ3) is 5.61. The van der Waals surface area contributed by atoms with Crippen LogP contribution in [0.1, 0.15) is 21.5 Å². The van der Waals surface area contributed by atoms with Crippen LogP contribution in [0.4, 0.5) is 10.1 Å². The quantitative estimate of drug-likeness (QED) is 0.337. The number of nitrogens with one attached hydrogen (secondary N) is 1. The van der Waals surface area contributed by atoms with E-state index in [0.717, 1.165) is 5.56 Å². The minimum absolute atomic E-state index is 0.0353. The Morgan fingerprint density at radius 1 is 1.16 bits per heavy atom. The molecular formula is C22H17BrCl2FNO4. The second-order valence-electron chi connectivity index (χ2n) is 6.45. The highest BCUT2D eigenvalue weighted by atomic mass is 79.9. The van der Waals surface area contributed by atoms with Gasteiger partial charge in [0, 0.05) is 17.8 Å². The van der Waals surface area contributed by atoms with Crippen molar-refractivity contribution in [3.05, 3.63) is 85.6 Å². The van der Waals surface area contributed by atoms with Crippen molar-refractivity contribution >= 4 is 50.8 Å². The van der Waals surface area contributed by atoms with Crippen LogP contribution in [0.5, 0.6) is 11.5 Å². The van der Waals surface area contributed by atoms with Crippen molar-refractivity contribution in [2.45, 2.75) is 13.2 Å². The molecule has 0 saturated heterocycles. The lowest BCUT2D eigenvalue weighted by Crippen LogP contribution is -2.04. The number of ether oxygens (including phenoxy) is 2. The highest BCUT2D eigenvalue weighted by Gasteiger charge is 2.15. The van der Waals surface area contributed by atoms with E-state index in [1.807, 2.05) is 6.07 Å². The molecule has 0 aromatic heterocycles. The van der Waals surface area contributed by atoms with E-state index in [1.54, 1.807) is 24.3 Å². The van der Waals surface area contributed by atoms with Gasteiger partial charge < -0.3 is 19.9 Å². The van der Waals surface area contributed by atoms with Crippen LogP contribution >= 0.6 is 39.1 Å². The van der Waals surface area contributed by atoms with Crippen molar-refractivity contribution in [2.24, 2.45) is 0 Å². The first-order chi connectivity index (χ1) is 14.8. The van der Waals surface area contributed by atoms with Gasteiger partial charge in [0.25, 0.3) is 0 Å². The molecule has 0 heterocycles. The summed E-state index contributed by atoms with van der Waals surface area (Å²) in [5, 5.41) is 12.7. The summed E-state index contributed by atoms with van der Waals surface area (Å²) in [5.41, 5.74) is 1.82. The molecule has 0 spiro atoms. The molecule has 0 unspecified atom stereocenters. The third-order valence-electron chi connectivity index (χ3n) is 4.41. The fourth-order valence-electron chi connectivity index (χ4n) is 2.83. The molecule has 3 rings (SSSR count). The average Bonchev–Trinajstić information content (AvgIpc) is 2.72. The summed E-state index contributed by atoms with van der Waals surface area (Å²) in [6, 6.07) is 12.7. The van der Waals surface area contributed by atoms with Gasteiger partial charge >= 0.3 is 5.97 Å². The van der Waals surface area contributed by atoms with Crippen LogP contribution in [0.25, 0.3) is 0 Å². The molecule has 0 atom stereocenters. The number of carboxylic acids is 1. The lowest BCUT2D eigenvalue weighted by Gasteiger charge is -2.16. The Morgan fingerprint density at radius 3 is 2.58 bits per heavy atom. The SMILES string of the molecule is COc1cc(CNc2ccc(C(=O)O)c(Cl)c2)cc(Br)c1OCc1c(F)cccc1Cl. The van der Waals surface area contributed by atoms with Crippen molar-refractivity contribution in [1.82, 2.24) is 0 Å². The number of hydrogen-bond acceptors (Lipinski definition) is 4. The zero-order valence-corrected chi connectivity index (χ0v) is 19.3. The maximum absolute atomic E-state index is 14.0. The Hall–Kier alpha value is -2.48. The lowest BCUT2D eigenvalue weighted by atomic mass is 10.1. The third-order valence-corrected chi connectivity index (χ3v) is 5.66. The van der Waals surface area contributed by atoms with Crippen molar-refractivity contribution in [3.63, 3.8) is 0 Å². The van der Waals surface area contributed by atoms with Crippen LogP contribution in [-0.2, 0) is 13.2 Å². The van der Waals surface area contributed by atoms with Gasteiger partial charge in [-0.25, -0.2) is 9.18 Å². The van der Waals surface area contributed by atoms with Crippen molar-refractivity contribution in [1.29, 1.82) is 0 Å². The molecule has 0 aliphatic rings. The fourth-order valence-corrected chi connectivity index (χ4v) is 3.92. The Kier molecular flexibility index (Phi) is 7.64. The van der Waals surface area contributed by atoms with Crippen LogP contribution in [0.3, 0.4) is 0 Å². The van der Waals surface area contributed by atoms with E-state index >= 15 is 0 Å². The molecule has 3 aromatic carbocycles. The van der Waals surface area contributed by atoms with Gasteiger partial charge in [-0.3, -0.25) is 0 Å². The monoisotopic (exact) mass is 527 g/mol. The average molecular weight is 529 g/mol. The minimum Gasteiger partial charge on any atom is -0.493 e. The van der Waals surface area contributed by atoms with E-state index in [2.05, 4.69) is 21.2 Å². The van der Waals surface area contributed by atoms with Gasteiger partial charge in [-0.1, -0.05) is 29.3 Å². The van der Waals surface area contributed by atoms with E-state index in [0.29, 0.717) is 28.2 Å². The number of aromatic carboxylic acids is 1. The van der Waals surface area contributed by atoms with Crippen molar-refractivity contribution < 1.29 is 23.8 Å². The van der Waals surface area contributed by atoms with Crippen molar-refractivity contribution in [3.8, 4) is 11.5 Å². The molecule has 0 fully saturated rings. The van der Waals surface area contributed by atoms with Crippen LogP contribution < -0.4 is 14.8 Å². The Bertz CT molecular complexity index is 1110. The van der Waals surface area contributed by atoms with Crippen molar-refractivity contribution in [2.75, 3.05) is 12.4 Å². The second kappa shape index (κ2) is 10.2. The lowest BCUT2D eigenvalue weighted by molar-refractivity contribution is 0.0697. The van der Waals surface area contributed by atoms with Crippen LogP contribution in [0, 0.1) is 5.82 Å². The summed E-state index contributed by atoms with van der Waals surface area (Å²) in [7, 11) is 1.51. The summed E-state index contributed by atoms with van der Waals surface area (Å²) in [6.45, 7) is 0.351. The van der Waals surface area contributed by atoms with E-state index in [1.165, 1.54) is 25.3 Å². The van der Waals surface area contributed by atoms with Gasteiger partial charge in [0.1, 0.15) is 12.4 Å². The smallest absolute Gasteiger partial charge is 0.337 e.